The number of nitrogen functional groups attached to an aromatic ring is 1. The number of nitrogens with zero attached hydrogens (tertiary/aromatic N) is 3. The monoisotopic (exact) mass is 275 g/mol. The summed E-state index contributed by atoms with van der Waals surface area (Å²) < 4.78 is 0. The van der Waals surface area contributed by atoms with Crippen molar-refractivity contribution in [3.05, 3.63) is 28.0 Å². The maximum absolute atomic E-state index is 5.77. The van der Waals surface area contributed by atoms with Crippen molar-refractivity contribution in [1.29, 1.82) is 0 Å². The average Bonchev–Trinajstić information content (AvgIpc) is 2.87. The number of fused-ring (bicyclic) bond motifs is 1. The molecule has 19 heavy (non-hydrogen) atoms. The third kappa shape index (κ3) is 2.12. The quantitative estimate of drug-likeness (QED) is 0.880. The molecule has 0 saturated carbocycles. The number of aromatic nitrogens is 2. The second-order valence-corrected chi connectivity index (χ2v) is 5.64. The van der Waals surface area contributed by atoms with Crippen molar-refractivity contribution >= 4 is 28.9 Å². The highest BCUT2D eigenvalue weighted by Crippen LogP contribution is 2.35. The lowest BCUT2D eigenvalue weighted by molar-refractivity contribution is 0.625. The second kappa shape index (κ2) is 4.70. The van der Waals surface area contributed by atoms with Gasteiger partial charge in [-0.25, -0.2) is 0 Å². The van der Waals surface area contributed by atoms with Crippen LogP contribution < -0.4 is 16.0 Å². The number of nitrogens with one attached hydrogen (secondary N) is 1. The van der Waals surface area contributed by atoms with Crippen LogP contribution in [-0.4, -0.2) is 23.6 Å². The summed E-state index contributed by atoms with van der Waals surface area (Å²) in [5.41, 5.74) is 7.18. The van der Waals surface area contributed by atoms with E-state index in [9.17, 15) is 0 Å². The number of thiophene rings is 1. The van der Waals surface area contributed by atoms with Crippen molar-refractivity contribution in [2.45, 2.75) is 19.4 Å². The van der Waals surface area contributed by atoms with Gasteiger partial charge in [0.2, 0.25) is 5.95 Å². The van der Waals surface area contributed by atoms with Gasteiger partial charge in [-0.1, -0.05) is 0 Å². The van der Waals surface area contributed by atoms with Crippen molar-refractivity contribution in [3.63, 3.8) is 0 Å². The maximum atomic E-state index is 5.77. The Morgan fingerprint density at radius 2 is 2.32 bits per heavy atom. The lowest BCUT2D eigenvalue weighted by atomic mass is 10.0. The van der Waals surface area contributed by atoms with Gasteiger partial charge in [0, 0.05) is 24.5 Å². The molecule has 3 rings (SSSR count). The number of rotatable bonds is 2. The van der Waals surface area contributed by atoms with Crippen LogP contribution >= 0.6 is 11.3 Å². The molecule has 100 valence electrons. The van der Waals surface area contributed by atoms with Crippen LogP contribution in [0.2, 0.25) is 0 Å². The Bertz CT molecular complexity index is 594. The van der Waals surface area contributed by atoms with Gasteiger partial charge in [-0.2, -0.15) is 9.97 Å². The summed E-state index contributed by atoms with van der Waals surface area (Å²) >= 11 is 1.84. The molecule has 0 saturated heterocycles. The number of anilines is 3. The Kier molecular flexibility index (Phi) is 3.02. The average molecular weight is 275 g/mol. The number of hydrogen-bond donors (Lipinski definition) is 2. The highest BCUT2D eigenvalue weighted by molar-refractivity contribution is 7.10. The predicted molar refractivity (Wildman–Crippen MR) is 79.8 cm³/mol. The summed E-state index contributed by atoms with van der Waals surface area (Å²) in [5.74, 6) is 1.96. The van der Waals surface area contributed by atoms with E-state index in [0.717, 1.165) is 24.6 Å². The van der Waals surface area contributed by atoms with Gasteiger partial charge in [-0.05, 0) is 30.4 Å². The minimum atomic E-state index is 0.310. The van der Waals surface area contributed by atoms with Gasteiger partial charge < -0.3 is 16.0 Å². The van der Waals surface area contributed by atoms with Gasteiger partial charge in [-0.3, -0.25) is 0 Å². The Morgan fingerprint density at radius 3 is 3.11 bits per heavy atom. The van der Waals surface area contributed by atoms with Gasteiger partial charge in [-0.15, -0.1) is 11.3 Å². The van der Waals surface area contributed by atoms with Crippen LogP contribution in [0.15, 0.2) is 17.5 Å². The highest BCUT2D eigenvalue weighted by atomic mass is 32.1. The largest absolute Gasteiger partial charge is 0.373 e. The van der Waals surface area contributed by atoms with E-state index in [4.69, 9.17) is 5.73 Å². The van der Waals surface area contributed by atoms with E-state index in [2.05, 4.69) is 38.6 Å². The third-order valence-corrected chi connectivity index (χ3v) is 4.55. The lowest BCUT2D eigenvalue weighted by Gasteiger charge is -2.34. The first-order valence-electron chi connectivity index (χ1n) is 6.34. The van der Waals surface area contributed by atoms with E-state index in [1.807, 2.05) is 24.5 Å². The van der Waals surface area contributed by atoms with E-state index in [1.165, 1.54) is 10.4 Å². The summed E-state index contributed by atoms with van der Waals surface area (Å²) in [6.45, 7) is 3.18. The molecular formula is C13H17N5S. The van der Waals surface area contributed by atoms with E-state index >= 15 is 0 Å². The van der Waals surface area contributed by atoms with E-state index in [0.29, 0.717) is 12.0 Å². The third-order valence-electron chi connectivity index (χ3n) is 3.56. The van der Waals surface area contributed by atoms with Gasteiger partial charge in [0.15, 0.2) is 0 Å². The van der Waals surface area contributed by atoms with Crippen LogP contribution in [0.25, 0.3) is 0 Å². The maximum Gasteiger partial charge on any atom is 0.223 e. The molecule has 1 atom stereocenters. The fourth-order valence-electron chi connectivity index (χ4n) is 2.55. The normalized spacial score (nSPS) is 18.2. The molecule has 1 aliphatic rings. The first-order valence-corrected chi connectivity index (χ1v) is 7.22. The molecule has 0 bridgehead atoms. The molecule has 3 heterocycles. The minimum absolute atomic E-state index is 0.310. The lowest BCUT2D eigenvalue weighted by Crippen LogP contribution is -2.34. The summed E-state index contributed by atoms with van der Waals surface area (Å²) in [6, 6.07) is 4.49. The Labute approximate surface area is 116 Å². The smallest absolute Gasteiger partial charge is 0.223 e. The Hall–Kier alpha value is -1.82. The standard InChI is InChI=1S/C13H17N5S/c1-8-9-4-6-19-10(9)3-5-18(8)12-7-11(15-2)16-13(14)17-12/h4,6-8H,3,5H2,1-2H3,(H3,14,15,16,17). The first-order chi connectivity index (χ1) is 9.19. The fourth-order valence-corrected chi connectivity index (χ4v) is 3.51. The Morgan fingerprint density at radius 1 is 1.47 bits per heavy atom. The van der Waals surface area contributed by atoms with Crippen LogP contribution in [0.1, 0.15) is 23.4 Å². The molecule has 1 aliphatic heterocycles. The van der Waals surface area contributed by atoms with E-state index < -0.39 is 0 Å². The van der Waals surface area contributed by atoms with Gasteiger partial charge in [0.1, 0.15) is 11.6 Å². The molecule has 0 fully saturated rings. The van der Waals surface area contributed by atoms with Gasteiger partial charge >= 0.3 is 0 Å². The SMILES string of the molecule is CNc1cc(N2CCc3sccc3C2C)nc(N)n1. The molecule has 0 aromatic carbocycles. The number of nitrogens with two attached hydrogens (primary N) is 1. The minimum Gasteiger partial charge on any atom is -0.373 e. The summed E-state index contributed by atoms with van der Waals surface area (Å²) in [5, 5.41) is 5.19. The summed E-state index contributed by atoms with van der Waals surface area (Å²) in [7, 11) is 1.84. The van der Waals surface area contributed by atoms with Crippen molar-refractivity contribution < 1.29 is 0 Å². The molecule has 0 amide bonds. The van der Waals surface area contributed by atoms with Crippen molar-refractivity contribution in [3.8, 4) is 0 Å². The molecule has 3 N–H and O–H groups in total. The van der Waals surface area contributed by atoms with E-state index in [-0.39, 0.29) is 0 Å². The first kappa shape index (κ1) is 12.2. The van der Waals surface area contributed by atoms with Gasteiger partial charge in [0.25, 0.3) is 0 Å². The van der Waals surface area contributed by atoms with Crippen molar-refractivity contribution in [2.75, 3.05) is 29.5 Å². The molecule has 1 unspecified atom stereocenters. The van der Waals surface area contributed by atoms with Crippen LogP contribution in [0.4, 0.5) is 17.6 Å². The fraction of sp³-hybridized carbons (Fsp3) is 0.385. The van der Waals surface area contributed by atoms with Crippen LogP contribution in [0.5, 0.6) is 0 Å². The van der Waals surface area contributed by atoms with Crippen molar-refractivity contribution in [2.24, 2.45) is 0 Å². The molecule has 6 heteroatoms. The summed E-state index contributed by atoms with van der Waals surface area (Å²) in [4.78, 5) is 12.3. The molecular weight excluding hydrogens is 258 g/mol. The zero-order valence-corrected chi connectivity index (χ0v) is 11.9. The highest BCUT2D eigenvalue weighted by Gasteiger charge is 2.26. The van der Waals surface area contributed by atoms with Crippen LogP contribution in [0.3, 0.4) is 0 Å². The zero-order chi connectivity index (χ0) is 13.4. The molecule has 5 nitrogen and oxygen atoms in total. The van der Waals surface area contributed by atoms with Crippen molar-refractivity contribution in [1.82, 2.24) is 9.97 Å². The van der Waals surface area contributed by atoms with E-state index in [1.54, 1.807) is 0 Å². The second-order valence-electron chi connectivity index (χ2n) is 4.64. The number of hydrogen-bond acceptors (Lipinski definition) is 6. The predicted octanol–water partition coefficient (Wildman–Crippen LogP) is 2.29. The van der Waals surface area contributed by atoms with Gasteiger partial charge in [0.05, 0.1) is 6.04 Å². The zero-order valence-electron chi connectivity index (χ0n) is 11.1. The molecule has 2 aromatic rings. The topological polar surface area (TPSA) is 67.1 Å². The van der Waals surface area contributed by atoms with Crippen LogP contribution in [0, 0.1) is 0 Å². The summed E-state index contributed by atoms with van der Waals surface area (Å²) in [6.07, 6.45) is 1.07. The Balaban J connectivity index is 1.97. The molecule has 0 spiro atoms. The molecule has 0 radical (unpaired) electrons. The molecule has 0 aliphatic carbocycles. The van der Waals surface area contributed by atoms with Crippen LogP contribution in [-0.2, 0) is 6.42 Å². The molecule has 2 aromatic heterocycles.